The highest BCUT2D eigenvalue weighted by atomic mass is 79.9. The van der Waals surface area contributed by atoms with Gasteiger partial charge in [-0.3, -0.25) is 0 Å². The first kappa shape index (κ1) is 15.1. The van der Waals surface area contributed by atoms with E-state index in [-0.39, 0.29) is 6.04 Å². The van der Waals surface area contributed by atoms with E-state index < -0.39 is 0 Å². The van der Waals surface area contributed by atoms with Crippen LogP contribution in [0.1, 0.15) is 18.7 Å². The van der Waals surface area contributed by atoms with Crippen molar-refractivity contribution in [3.05, 3.63) is 64.8 Å². The highest BCUT2D eigenvalue weighted by molar-refractivity contribution is 9.10. The second-order valence-corrected chi connectivity index (χ2v) is 6.34. The van der Waals surface area contributed by atoms with Crippen LogP contribution in [0.5, 0.6) is 0 Å². The lowest BCUT2D eigenvalue weighted by Gasteiger charge is -2.15. The van der Waals surface area contributed by atoms with Crippen molar-refractivity contribution in [1.82, 2.24) is 5.32 Å². The Kier molecular flexibility index (Phi) is 4.45. The van der Waals surface area contributed by atoms with Crippen LogP contribution in [0.15, 0.2) is 63.5 Å². The van der Waals surface area contributed by atoms with Gasteiger partial charge in [0.1, 0.15) is 11.3 Å². The van der Waals surface area contributed by atoms with Gasteiger partial charge in [0.2, 0.25) is 0 Å². The molecule has 0 radical (unpaired) electrons. The van der Waals surface area contributed by atoms with Gasteiger partial charge in [0.15, 0.2) is 5.11 Å². The molecule has 0 amide bonds. The highest BCUT2D eigenvalue weighted by Crippen LogP contribution is 2.23. The summed E-state index contributed by atoms with van der Waals surface area (Å²) in [5, 5.41) is 8.06. The van der Waals surface area contributed by atoms with E-state index in [2.05, 4.69) is 26.6 Å². The molecule has 112 valence electrons. The minimum absolute atomic E-state index is 0.0143. The van der Waals surface area contributed by atoms with Crippen molar-refractivity contribution >= 4 is 49.9 Å². The van der Waals surface area contributed by atoms with E-state index in [1.807, 2.05) is 61.5 Å². The average Bonchev–Trinajstić information content (AvgIpc) is 2.91. The molecule has 0 saturated carbocycles. The molecule has 3 nitrogen and oxygen atoms in total. The molecule has 0 aliphatic heterocycles. The first-order valence-corrected chi connectivity index (χ1v) is 8.13. The predicted molar refractivity (Wildman–Crippen MR) is 98.1 cm³/mol. The van der Waals surface area contributed by atoms with Gasteiger partial charge in [-0.2, -0.15) is 0 Å². The molecule has 22 heavy (non-hydrogen) atoms. The molecule has 1 aromatic heterocycles. The molecular weight excluding hydrogens is 360 g/mol. The molecule has 3 aromatic rings. The number of hydrogen-bond donors (Lipinski definition) is 2. The Hall–Kier alpha value is -1.85. The summed E-state index contributed by atoms with van der Waals surface area (Å²) in [7, 11) is 0. The molecule has 1 atom stereocenters. The SMILES string of the molecule is C[C@H](NC(=S)Nc1cccc(Br)c1)c1cc2ccccc2o1. The fraction of sp³-hybridized carbons (Fsp3) is 0.118. The van der Waals surface area contributed by atoms with Crippen LogP contribution in [-0.4, -0.2) is 5.11 Å². The Bertz CT molecular complexity index is 782. The smallest absolute Gasteiger partial charge is 0.171 e. The number of furan rings is 1. The van der Waals surface area contributed by atoms with Gasteiger partial charge in [-0.1, -0.05) is 40.2 Å². The maximum atomic E-state index is 5.84. The summed E-state index contributed by atoms with van der Waals surface area (Å²) >= 11 is 8.80. The molecule has 0 spiro atoms. The first-order valence-electron chi connectivity index (χ1n) is 6.93. The maximum absolute atomic E-state index is 5.84. The van der Waals surface area contributed by atoms with Crippen molar-refractivity contribution in [2.45, 2.75) is 13.0 Å². The van der Waals surface area contributed by atoms with Crippen LogP contribution in [0.25, 0.3) is 11.0 Å². The second kappa shape index (κ2) is 6.50. The summed E-state index contributed by atoms with van der Waals surface area (Å²) in [5.41, 5.74) is 1.82. The Morgan fingerprint density at radius 2 is 1.95 bits per heavy atom. The summed E-state index contributed by atoms with van der Waals surface area (Å²) in [5.74, 6) is 0.861. The molecule has 0 fully saturated rings. The highest BCUT2D eigenvalue weighted by Gasteiger charge is 2.12. The van der Waals surface area contributed by atoms with Gasteiger partial charge in [0.05, 0.1) is 6.04 Å². The fourth-order valence-corrected chi connectivity index (χ4v) is 2.91. The number of benzene rings is 2. The summed E-state index contributed by atoms with van der Waals surface area (Å²) < 4.78 is 6.85. The molecule has 0 saturated heterocycles. The molecule has 0 bridgehead atoms. The van der Waals surface area contributed by atoms with E-state index in [9.17, 15) is 0 Å². The first-order chi connectivity index (χ1) is 10.6. The lowest BCUT2D eigenvalue weighted by molar-refractivity contribution is 0.493. The zero-order chi connectivity index (χ0) is 15.5. The predicted octanol–water partition coefficient (Wildman–Crippen LogP) is 5.24. The van der Waals surface area contributed by atoms with Crippen molar-refractivity contribution in [3.8, 4) is 0 Å². The Balaban J connectivity index is 1.68. The summed E-state index contributed by atoms with van der Waals surface area (Å²) in [4.78, 5) is 0. The number of fused-ring (bicyclic) bond motifs is 1. The van der Waals surface area contributed by atoms with Crippen LogP contribution in [0.2, 0.25) is 0 Å². The van der Waals surface area contributed by atoms with Gasteiger partial charge in [-0.15, -0.1) is 0 Å². The number of anilines is 1. The van der Waals surface area contributed by atoms with Gasteiger partial charge in [-0.25, -0.2) is 0 Å². The van der Waals surface area contributed by atoms with Crippen molar-refractivity contribution < 1.29 is 4.42 Å². The van der Waals surface area contributed by atoms with Gasteiger partial charge < -0.3 is 15.1 Å². The van der Waals surface area contributed by atoms with E-state index in [1.165, 1.54) is 0 Å². The average molecular weight is 375 g/mol. The number of nitrogens with one attached hydrogen (secondary N) is 2. The van der Waals surface area contributed by atoms with E-state index in [4.69, 9.17) is 16.6 Å². The number of halogens is 1. The van der Waals surface area contributed by atoms with E-state index in [0.717, 1.165) is 26.9 Å². The monoisotopic (exact) mass is 374 g/mol. The van der Waals surface area contributed by atoms with Crippen molar-refractivity contribution in [2.75, 3.05) is 5.32 Å². The third kappa shape index (κ3) is 3.48. The second-order valence-electron chi connectivity index (χ2n) is 5.02. The van der Waals surface area contributed by atoms with Gasteiger partial charge in [-0.05, 0) is 49.5 Å². The normalized spacial score (nSPS) is 12.1. The van der Waals surface area contributed by atoms with Crippen LogP contribution in [0, 0.1) is 0 Å². The molecular formula is C17H15BrN2OS. The minimum Gasteiger partial charge on any atom is -0.459 e. The summed E-state index contributed by atoms with van der Waals surface area (Å²) in [6.07, 6.45) is 0. The standard InChI is InChI=1S/C17H15BrN2OS/c1-11(16-9-12-5-2-3-8-15(12)21-16)19-17(22)20-14-7-4-6-13(18)10-14/h2-11H,1H3,(H2,19,20,22)/t11-/m0/s1. The molecule has 2 aromatic carbocycles. The summed E-state index contributed by atoms with van der Waals surface area (Å²) in [6, 6.07) is 17.8. The summed E-state index contributed by atoms with van der Waals surface area (Å²) in [6.45, 7) is 2.02. The third-order valence-corrected chi connectivity index (χ3v) is 4.01. The topological polar surface area (TPSA) is 37.2 Å². The van der Waals surface area contributed by atoms with Crippen LogP contribution in [0.3, 0.4) is 0 Å². The number of hydrogen-bond acceptors (Lipinski definition) is 2. The zero-order valence-corrected chi connectivity index (χ0v) is 14.4. The van der Waals surface area contributed by atoms with E-state index in [0.29, 0.717) is 5.11 Å². The number of rotatable bonds is 3. The lowest BCUT2D eigenvalue weighted by Crippen LogP contribution is -2.30. The number of thiocarbonyl (C=S) groups is 1. The van der Waals surface area contributed by atoms with Crippen LogP contribution in [0.4, 0.5) is 5.69 Å². The largest absolute Gasteiger partial charge is 0.459 e. The van der Waals surface area contributed by atoms with Crippen LogP contribution < -0.4 is 10.6 Å². The third-order valence-electron chi connectivity index (χ3n) is 3.30. The van der Waals surface area contributed by atoms with E-state index in [1.54, 1.807) is 0 Å². The quantitative estimate of drug-likeness (QED) is 0.614. The van der Waals surface area contributed by atoms with Gasteiger partial charge in [0, 0.05) is 15.5 Å². The molecule has 5 heteroatoms. The molecule has 0 aliphatic carbocycles. The Labute approximate surface area is 142 Å². The zero-order valence-electron chi connectivity index (χ0n) is 12.0. The van der Waals surface area contributed by atoms with Crippen LogP contribution >= 0.6 is 28.1 Å². The van der Waals surface area contributed by atoms with Crippen LogP contribution in [-0.2, 0) is 0 Å². The maximum Gasteiger partial charge on any atom is 0.171 e. The molecule has 2 N–H and O–H groups in total. The Morgan fingerprint density at radius 3 is 2.73 bits per heavy atom. The fourth-order valence-electron chi connectivity index (χ4n) is 2.22. The lowest BCUT2D eigenvalue weighted by atomic mass is 10.2. The van der Waals surface area contributed by atoms with Gasteiger partial charge in [0.25, 0.3) is 0 Å². The van der Waals surface area contributed by atoms with Crippen molar-refractivity contribution in [2.24, 2.45) is 0 Å². The van der Waals surface area contributed by atoms with Crippen molar-refractivity contribution in [1.29, 1.82) is 0 Å². The van der Waals surface area contributed by atoms with Crippen molar-refractivity contribution in [3.63, 3.8) is 0 Å². The Morgan fingerprint density at radius 1 is 1.14 bits per heavy atom. The minimum atomic E-state index is -0.0143. The molecule has 3 rings (SSSR count). The molecule has 0 unspecified atom stereocenters. The van der Waals surface area contributed by atoms with E-state index >= 15 is 0 Å². The molecule has 1 heterocycles. The molecule has 0 aliphatic rings. The van der Waals surface area contributed by atoms with Gasteiger partial charge >= 0.3 is 0 Å². The number of para-hydroxylation sites is 1.